The van der Waals surface area contributed by atoms with Crippen LogP contribution in [0.3, 0.4) is 0 Å². The van der Waals surface area contributed by atoms with E-state index in [-0.39, 0.29) is 0 Å². The van der Waals surface area contributed by atoms with Gasteiger partial charge in [-0.3, -0.25) is 4.79 Å². The van der Waals surface area contributed by atoms with Crippen molar-refractivity contribution in [1.82, 2.24) is 4.98 Å². The number of benzene rings is 1. The van der Waals surface area contributed by atoms with E-state index in [1.165, 1.54) is 0 Å². The smallest absolute Gasteiger partial charge is 0.265 e. The highest BCUT2D eigenvalue weighted by molar-refractivity contribution is 9.10. The van der Waals surface area contributed by atoms with Crippen molar-refractivity contribution in [2.24, 2.45) is 5.73 Å². The van der Waals surface area contributed by atoms with Crippen molar-refractivity contribution >= 4 is 32.7 Å². The summed E-state index contributed by atoms with van der Waals surface area (Å²) >= 11 is 3.30. The Morgan fingerprint density at radius 3 is 2.80 bits per heavy atom. The van der Waals surface area contributed by atoms with Gasteiger partial charge in [-0.15, -0.1) is 0 Å². The van der Waals surface area contributed by atoms with E-state index in [1.807, 2.05) is 0 Å². The number of nitrogens with one attached hydrogen (secondary N) is 1. The third-order valence-electron chi connectivity index (χ3n) is 2.16. The van der Waals surface area contributed by atoms with Crippen LogP contribution in [0.25, 0.3) is 10.9 Å². The van der Waals surface area contributed by atoms with Crippen LogP contribution in [0.2, 0.25) is 0 Å². The van der Waals surface area contributed by atoms with Gasteiger partial charge in [0.15, 0.2) is 0 Å². The van der Waals surface area contributed by atoms with Crippen LogP contribution in [0.1, 0.15) is 16.1 Å². The number of carbonyl (C=O) groups is 1. The molecule has 0 fully saturated rings. The number of fused-ring (bicyclic) bond motifs is 1. The minimum Gasteiger partial charge on any atom is -0.364 e. The van der Waals surface area contributed by atoms with Crippen molar-refractivity contribution in [2.75, 3.05) is 0 Å². The number of hydrogen-bond donors (Lipinski definition) is 2. The zero-order chi connectivity index (χ0) is 11.0. The number of alkyl halides is 1. The number of hydrogen-bond acceptors (Lipinski definition) is 1. The van der Waals surface area contributed by atoms with E-state index in [9.17, 15) is 9.18 Å². The minimum absolute atomic E-state index is 0.321. The summed E-state index contributed by atoms with van der Waals surface area (Å²) in [5.74, 6) is -0.528. The fraction of sp³-hybridized carbons (Fsp3) is 0.100. The molecule has 0 bridgehead atoms. The third kappa shape index (κ3) is 1.74. The summed E-state index contributed by atoms with van der Waals surface area (Å²) in [5, 5.41) is 0.769. The number of amides is 1. The Labute approximate surface area is 93.6 Å². The number of rotatable bonds is 2. The number of primary amides is 1. The van der Waals surface area contributed by atoms with Gasteiger partial charge >= 0.3 is 0 Å². The van der Waals surface area contributed by atoms with Crippen LogP contribution in [-0.4, -0.2) is 10.9 Å². The van der Waals surface area contributed by atoms with E-state index in [2.05, 4.69) is 20.9 Å². The molecule has 0 spiro atoms. The second kappa shape index (κ2) is 3.66. The Morgan fingerprint density at radius 1 is 1.47 bits per heavy atom. The lowest BCUT2D eigenvalue weighted by Crippen LogP contribution is -2.10. The first-order chi connectivity index (χ1) is 7.11. The average molecular weight is 271 g/mol. The molecule has 0 aliphatic rings. The van der Waals surface area contributed by atoms with Crippen LogP contribution in [0, 0.1) is 0 Å². The topological polar surface area (TPSA) is 58.9 Å². The van der Waals surface area contributed by atoms with Crippen LogP contribution in [0.15, 0.2) is 22.7 Å². The van der Waals surface area contributed by atoms with Gasteiger partial charge in [0, 0.05) is 9.86 Å². The predicted molar refractivity (Wildman–Crippen MR) is 59.3 cm³/mol. The SMILES string of the molecule is NC(=O)c1cc2cc(CF)cc(Br)c2[nH]1. The molecule has 1 aromatic heterocycles. The standard InChI is InChI=1S/C10H8BrFN2O/c11-7-2-5(4-12)1-6-3-8(10(13)15)14-9(6)7/h1-3,14H,4H2,(H2,13,15). The molecule has 1 aromatic carbocycles. The second-order valence-corrected chi connectivity index (χ2v) is 4.08. The zero-order valence-corrected chi connectivity index (χ0v) is 9.27. The van der Waals surface area contributed by atoms with Crippen LogP contribution >= 0.6 is 15.9 Å². The number of aromatic amines is 1. The fourth-order valence-corrected chi connectivity index (χ4v) is 2.09. The maximum Gasteiger partial charge on any atom is 0.265 e. The van der Waals surface area contributed by atoms with Crippen LogP contribution in [-0.2, 0) is 6.67 Å². The number of H-pyrrole nitrogens is 1. The monoisotopic (exact) mass is 270 g/mol. The molecule has 3 N–H and O–H groups in total. The molecule has 5 heteroatoms. The Morgan fingerprint density at radius 2 is 2.20 bits per heavy atom. The van der Waals surface area contributed by atoms with Gasteiger partial charge < -0.3 is 10.7 Å². The average Bonchev–Trinajstić information content (AvgIpc) is 2.61. The first-order valence-electron chi connectivity index (χ1n) is 4.28. The maximum absolute atomic E-state index is 12.5. The molecular formula is C10H8BrFN2O. The first-order valence-corrected chi connectivity index (χ1v) is 5.08. The number of carbonyl (C=O) groups excluding carboxylic acids is 1. The van der Waals surface area contributed by atoms with Gasteiger partial charge in [-0.05, 0) is 39.7 Å². The highest BCUT2D eigenvalue weighted by Crippen LogP contribution is 2.26. The van der Waals surface area contributed by atoms with Gasteiger partial charge in [0.1, 0.15) is 12.4 Å². The van der Waals surface area contributed by atoms with Crippen molar-refractivity contribution in [3.05, 3.63) is 33.9 Å². The molecule has 15 heavy (non-hydrogen) atoms. The Hall–Kier alpha value is -1.36. The van der Waals surface area contributed by atoms with Gasteiger partial charge in [0.25, 0.3) is 5.91 Å². The zero-order valence-electron chi connectivity index (χ0n) is 7.68. The van der Waals surface area contributed by atoms with Gasteiger partial charge in [0.05, 0.1) is 5.52 Å². The fourth-order valence-electron chi connectivity index (χ4n) is 1.47. The normalized spacial score (nSPS) is 10.8. The van der Waals surface area contributed by atoms with Crippen LogP contribution in [0.4, 0.5) is 4.39 Å². The van der Waals surface area contributed by atoms with E-state index in [4.69, 9.17) is 5.73 Å². The van der Waals surface area contributed by atoms with Gasteiger partial charge in [-0.25, -0.2) is 4.39 Å². The molecule has 2 aromatic rings. The lowest BCUT2D eigenvalue weighted by molar-refractivity contribution is 0.0996. The lowest BCUT2D eigenvalue weighted by atomic mass is 10.2. The Kier molecular flexibility index (Phi) is 2.48. The molecule has 0 saturated heterocycles. The van der Waals surface area contributed by atoms with Crippen molar-refractivity contribution < 1.29 is 9.18 Å². The molecule has 2 rings (SSSR count). The summed E-state index contributed by atoms with van der Waals surface area (Å²) in [4.78, 5) is 13.8. The van der Waals surface area contributed by atoms with E-state index in [0.29, 0.717) is 11.3 Å². The summed E-state index contributed by atoms with van der Waals surface area (Å²) in [6.45, 7) is -0.536. The molecule has 0 atom stereocenters. The maximum atomic E-state index is 12.5. The van der Waals surface area contributed by atoms with Crippen molar-refractivity contribution in [3.63, 3.8) is 0 Å². The van der Waals surface area contributed by atoms with E-state index in [1.54, 1.807) is 18.2 Å². The molecule has 1 heterocycles. The quantitative estimate of drug-likeness (QED) is 0.866. The highest BCUT2D eigenvalue weighted by atomic mass is 79.9. The molecule has 78 valence electrons. The van der Waals surface area contributed by atoms with Crippen molar-refractivity contribution in [3.8, 4) is 0 Å². The van der Waals surface area contributed by atoms with Crippen LogP contribution < -0.4 is 5.73 Å². The molecular weight excluding hydrogens is 263 g/mol. The second-order valence-electron chi connectivity index (χ2n) is 3.22. The summed E-state index contributed by atoms with van der Waals surface area (Å²) in [7, 11) is 0. The van der Waals surface area contributed by atoms with Gasteiger partial charge in [0.2, 0.25) is 0 Å². The predicted octanol–water partition coefficient (Wildman–Crippen LogP) is 2.50. The van der Waals surface area contributed by atoms with E-state index >= 15 is 0 Å². The number of nitrogens with two attached hydrogens (primary N) is 1. The Balaban J connectivity index is 2.69. The molecule has 0 unspecified atom stereocenters. The largest absolute Gasteiger partial charge is 0.364 e. The molecule has 1 amide bonds. The third-order valence-corrected chi connectivity index (χ3v) is 2.79. The van der Waals surface area contributed by atoms with Crippen LogP contribution in [0.5, 0.6) is 0 Å². The highest BCUT2D eigenvalue weighted by Gasteiger charge is 2.09. The minimum atomic E-state index is -0.536. The van der Waals surface area contributed by atoms with Gasteiger partial charge in [-0.1, -0.05) is 0 Å². The molecule has 0 radical (unpaired) electrons. The molecule has 0 aliphatic heterocycles. The summed E-state index contributed by atoms with van der Waals surface area (Å²) < 4.78 is 13.2. The number of halogens is 2. The lowest BCUT2D eigenvalue weighted by Gasteiger charge is -1.97. The molecule has 3 nitrogen and oxygen atoms in total. The summed E-state index contributed by atoms with van der Waals surface area (Å²) in [6, 6.07) is 4.97. The molecule has 0 saturated carbocycles. The van der Waals surface area contributed by atoms with E-state index in [0.717, 1.165) is 15.4 Å². The van der Waals surface area contributed by atoms with Crippen molar-refractivity contribution in [1.29, 1.82) is 0 Å². The van der Waals surface area contributed by atoms with Crippen molar-refractivity contribution in [2.45, 2.75) is 6.67 Å². The first kappa shape index (κ1) is 10.2. The Bertz CT molecular complexity index is 535. The van der Waals surface area contributed by atoms with E-state index < -0.39 is 12.6 Å². The molecule has 0 aliphatic carbocycles. The summed E-state index contributed by atoms with van der Waals surface area (Å²) in [5.41, 5.74) is 6.77. The number of aromatic nitrogens is 1. The summed E-state index contributed by atoms with van der Waals surface area (Å²) in [6.07, 6.45) is 0. The van der Waals surface area contributed by atoms with Gasteiger partial charge in [-0.2, -0.15) is 0 Å².